The number of rotatable bonds is 3. The average molecular weight is 366 g/mol. The maximum Gasteiger partial charge on any atom is 0.195 e. The van der Waals surface area contributed by atoms with Gasteiger partial charge in [0.15, 0.2) is 16.7 Å². The van der Waals surface area contributed by atoms with E-state index < -0.39 is 11.6 Å². The Morgan fingerprint density at radius 1 is 1.08 bits per heavy atom. The van der Waals surface area contributed by atoms with E-state index in [9.17, 15) is 19.8 Å². The topological polar surface area (TPSA) is 99.5 Å². The lowest BCUT2D eigenvalue weighted by Crippen LogP contribution is -2.22. The van der Waals surface area contributed by atoms with Gasteiger partial charge in [-0.25, -0.2) is 4.98 Å². The lowest BCUT2D eigenvalue weighted by atomic mass is 9.88. The van der Waals surface area contributed by atoms with Crippen LogP contribution in [0.4, 0.5) is 5.13 Å². The number of nitrogens with zero attached hydrogens (tertiary/aromatic N) is 1. The molecule has 0 bridgehead atoms. The maximum atomic E-state index is 12.6. The van der Waals surface area contributed by atoms with Crippen LogP contribution in [0.3, 0.4) is 0 Å². The van der Waals surface area contributed by atoms with Crippen LogP contribution in [0.25, 0.3) is 10.2 Å². The van der Waals surface area contributed by atoms with Gasteiger partial charge < -0.3 is 15.5 Å². The van der Waals surface area contributed by atoms with E-state index in [1.807, 2.05) is 25.1 Å². The maximum absolute atomic E-state index is 12.6. The number of phenolic OH excluding ortho intramolecular Hbond substituents is 2. The monoisotopic (exact) mass is 366 g/mol. The van der Waals surface area contributed by atoms with E-state index in [0.717, 1.165) is 15.8 Å². The lowest BCUT2D eigenvalue weighted by molar-refractivity contribution is 0.0979. The molecule has 2 aromatic carbocycles. The number of fused-ring (bicyclic) bond motifs is 2. The molecule has 1 aromatic heterocycles. The molecule has 1 heterocycles. The molecule has 0 radical (unpaired) electrons. The van der Waals surface area contributed by atoms with Gasteiger partial charge in [0, 0.05) is 12.1 Å². The second kappa shape index (κ2) is 5.96. The van der Waals surface area contributed by atoms with E-state index in [1.165, 1.54) is 29.5 Å². The van der Waals surface area contributed by atoms with E-state index >= 15 is 0 Å². The summed E-state index contributed by atoms with van der Waals surface area (Å²) in [5.74, 6) is -1.64. The SMILES string of the molecule is Cc1cccc2sc(NCC3=CC(=O)c4c(O)ccc(O)c4C3=O)nc12. The Hall–Kier alpha value is -3.19. The van der Waals surface area contributed by atoms with Crippen molar-refractivity contribution in [3.8, 4) is 11.5 Å². The van der Waals surface area contributed by atoms with Crippen molar-refractivity contribution in [3.63, 3.8) is 0 Å². The minimum absolute atomic E-state index is 0.0952. The van der Waals surface area contributed by atoms with Crippen LogP contribution in [-0.2, 0) is 0 Å². The summed E-state index contributed by atoms with van der Waals surface area (Å²) in [5.41, 5.74) is 1.85. The van der Waals surface area contributed by atoms with Crippen LogP contribution in [0.5, 0.6) is 11.5 Å². The van der Waals surface area contributed by atoms with Crippen LogP contribution in [-0.4, -0.2) is 33.3 Å². The van der Waals surface area contributed by atoms with Crippen LogP contribution in [0.2, 0.25) is 0 Å². The predicted molar refractivity (Wildman–Crippen MR) is 99.4 cm³/mol. The molecule has 0 unspecified atom stereocenters. The highest BCUT2D eigenvalue weighted by molar-refractivity contribution is 7.22. The number of ketones is 2. The number of phenols is 2. The van der Waals surface area contributed by atoms with Crippen LogP contribution >= 0.6 is 11.3 Å². The van der Waals surface area contributed by atoms with Gasteiger partial charge in [-0.15, -0.1) is 0 Å². The number of Topliss-reactive ketones (excluding diaryl/α,β-unsaturated/α-hetero) is 1. The van der Waals surface area contributed by atoms with Gasteiger partial charge in [0.05, 0.1) is 21.3 Å². The summed E-state index contributed by atoms with van der Waals surface area (Å²) in [6.45, 7) is 2.07. The first-order valence-electron chi connectivity index (χ1n) is 7.90. The number of thiazole rings is 1. The number of aromatic hydroxyl groups is 2. The van der Waals surface area contributed by atoms with Gasteiger partial charge in [0.1, 0.15) is 11.5 Å². The second-order valence-corrected chi connectivity index (χ2v) is 7.04. The third kappa shape index (κ3) is 2.53. The number of hydrogen-bond donors (Lipinski definition) is 3. The molecule has 130 valence electrons. The predicted octanol–water partition coefficient (Wildman–Crippen LogP) is 3.43. The van der Waals surface area contributed by atoms with E-state index in [0.29, 0.717) is 5.13 Å². The molecular weight excluding hydrogens is 352 g/mol. The van der Waals surface area contributed by atoms with Gasteiger partial charge in [-0.3, -0.25) is 9.59 Å². The Morgan fingerprint density at radius 3 is 2.54 bits per heavy atom. The van der Waals surface area contributed by atoms with Gasteiger partial charge in [-0.2, -0.15) is 0 Å². The van der Waals surface area contributed by atoms with Crippen molar-refractivity contribution in [2.45, 2.75) is 6.92 Å². The molecule has 4 rings (SSSR count). The highest BCUT2D eigenvalue weighted by Crippen LogP contribution is 2.35. The summed E-state index contributed by atoms with van der Waals surface area (Å²) < 4.78 is 1.03. The molecule has 0 fully saturated rings. The summed E-state index contributed by atoms with van der Waals surface area (Å²) >= 11 is 1.46. The van der Waals surface area contributed by atoms with E-state index in [1.54, 1.807) is 0 Å². The number of carbonyl (C=O) groups is 2. The van der Waals surface area contributed by atoms with Gasteiger partial charge in [0.25, 0.3) is 0 Å². The van der Waals surface area contributed by atoms with Crippen molar-refractivity contribution < 1.29 is 19.8 Å². The molecule has 0 spiro atoms. The van der Waals surface area contributed by atoms with Crippen molar-refractivity contribution in [1.29, 1.82) is 0 Å². The molecule has 3 N–H and O–H groups in total. The molecule has 0 atom stereocenters. The van der Waals surface area contributed by atoms with Crippen LogP contribution in [0.1, 0.15) is 26.3 Å². The van der Waals surface area contributed by atoms with Crippen LogP contribution < -0.4 is 5.32 Å². The minimum atomic E-state index is -0.509. The van der Waals surface area contributed by atoms with Crippen molar-refractivity contribution in [1.82, 2.24) is 4.98 Å². The number of aromatic nitrogens is 1. The summed E-state index contributed by atoms with van der Waals surface area (Å²) in [5, 5.41) is 23.5. The Labute approximate surface area is 152 Å². The fourth-order valence-electron chi connectivity index (χ4n) is 2.98. The first kappa shape index (κ1) is 16.3. The van der Waals surface area contributed by atoms with Crippen molar-refractivity contribution in [3.05, 3.63) is 58.7 Å². The van der Waals surface area contributed by atoms with Crippen LogP contribution in [0.15, 0.2) is 42.0 Å². The standard InChI is InChI=1S/C19H14N2O4S/c1-9-3-2-4-14-17(9)21-19(26-14)20-8-10-7-13(24)15-11(22)5-6-12(23)16(15)18(10)25/h2-7,22-23H,8H2,1H3,(H,20,21). The van der Waals surface area contributed by atoms with Crippen molar-refractivity contribution in [2.24, 2.45) is 0 Å². The minimum Gasteiger partial charge on any atom is -0.507 e. The highest BCUT2D eigenvalue weighted by Gasteiger charge is 2.30. The molecule has 0 saturated heterocycles. The normalized spacial score (nSPS) is 13.7. The van der Waals surface area contributed by atoms with Crippen molar-refractivity contribution >= 4 is 38.3 Å². The zero-order valence-corrected chi connectivity index (χ0v) is 14.6. The highest BCUT2D eigenvalue weighted by atomic mass is 32.1. The van der Waals surface area contributed by atoms with Gasteiger partial charge >= 0.3 is 0 Å². The Balaban J connectivity index is 1.63. The number of anilines is 1. The smallest absolute Gasteiger partial charge is 0.195 e. The molecule has 0 saturated carbocycles. The number of benzene rings is 2. The van der Waals surface area contributed by atoms with Crippen LogP contribution in [0, 0.1) is 6.92 Å². The zero-order valence-electron chi connectivity index (χ0n) is 13.7. The van der Waals surface area contributed by atoms with Crippen molar-refractivity contribution in [2.75, 3.05) is 11.9 Å². The summed E-state index contributed by atoms with van der Waals surface area (Å²) in [7, 11) is 0. The number of para-hydroxylation sites is 1. The molecule has 1 aliphatic rings. The lowest BCUT2D eigenvalue weighted by Gasteiger charge is -2.17. The molecule has 3 aromatic rings. The molecular formula is C19H14N2O4S. The van der Waals surface area contributed by atoms with E-state index in [2.05, 4.69) is 10.3 Å². The van der Waals surface area contributed by atoms with E-state index in [-0.39, 0.29) is 34.7 Å². The number of aryl methyl sites for hydroxylation is 1. The molecule has 0 aliphatic heterocycles. The first-order valence-corrected chi connectivity index (χ1v) is 8.72. The third-order valence-corrected chi connectivity index (χ3v) is 5.26. The summed E-state index contributed by atoms with van der Waals surface area (Å²) in [4.78, 5) is 29.4. The molecule has 6 nitrogen and oxygen atoms in total. The fourth-order valence-corrected chi connectivity index (χ4v) is 3.92. The van der Waals surface area contributed by atoms with Gasteiger partial charge in [0.2, 0.25) is 0 Å². The first-order chi connectivity index (χ1) is 12.5. The number of hydrogen-bond acceptors (Lipinski definition) is 7. The molecule has 26 heavy (non-hydrogen) atoms. The Bertz CT molecular complexity index is 1110. The third-order valence-electron chi connectivity index (χ3n) is 4.28. The second-order valence-electron chi connectivity index (χ2n) is 6.01. The largest absolute Gasteiger partial charge is 0.507 e. The number of nitrogens with one attached hydrogen (secondary N) is 1. The number of allylic oxidation sites excluding steroid dienone is 1. The van der Waals surface area contributed by atoms with E-state index in [4.69, 9.17) is 0 Å². The molecule has 7 heteroatoms. The summed E-state index contributed by atoms with van der Waals surface area (Å²) in [6.07, 6.45) is 1.19. The van der Waals surface area contributed by atoms with Gasteiger partial charge in [-0.05, 0) is 36.8 Å². The fraction of sp³-hybridized carbons (Fsp3) is 0.105. The Kier molecular flexibility index (Phi) is 3.73. The molecule has 1 aliphatic carbocycles. The molecule has 0 amide bonds. The zero-order chi connectivity index (χ0) is 18.4. The summed E-state index contributed by atoms with van der Waals surface area (Å²) in [6, 6.07) is 8.30. The number of carbonyl (C=O) groups excluding carboxylic acids is 2. The Morgan fingerprint density at radius 2 is 1.81 bits per heavy atom. The average Bonchev–Trinajstić information content (AvgIpc) is 3.03. The van der Waals surface area contributed by atoms with Gasteiger partial charge in [-0.1, -0.05) is 23.5 Å². The quantitative estimate of drug-likeness (QED) is 0.614.